The van der Waals surface area contributed by atoms with Gasteiger partial charge in [-0.2, -0.15) is 13.2 Å². The fourth-order valence-corrected chi connectivity index (χ4v) is 2.94. The van der Waals surface area contributed by atoms with Crippen molar-refractivity contribution in [2.45, 2.75) is 39.5 Å². The molecule has 30 heavy (non-hydrogen) atoms. The van der Waals surface area contributed by atoms with Crippen LogP contribution in [-0.2, 0) is 17.5 Å². The lowest BCUT2D eigenvalue weighted by Crippen LogP contribution is -2.44. The van der Waals surface area contributed by atoms with Crippen LogP contribution < -0.4 is 16.0 Å². The maximum Gasteiger partial charge on any atom is 0.416 e. The fraction of sp³-hybridized carbons (Fsp3) is 0.364. The van der Waals surface area contributed by atoms with Crippen LogP contribution in [0.4, 0.5) is 13.2 Å². The molecule has 0 aromatic heterocycles. The minimum Gasteiger partial charge on any atom is -0.351 e. The maximum absolute atomic E-state index is 12.7. The average molecular weight is 421 g/mol. The molecule has 0 unspecified atom stereocenters. The van der Waals surface area contributed by atoms with Crippen molar-refractivity contribution in [1.82, 2.24) is 16.0 Å². The van der Waals surface area contributed by atoms with Gasteiger partial charge in [0, 0.05) is 24.7 Å². The van der Waals surface area contributed by atoms with Crippen LogP contribution >= 0.6 is 0 Å². The predicted octanol–water partition coefficient (Wildman–Crippen LogP) is 3.35. The van der Waals surface area contributed by atoms with Crippen LogP contribution in [0.15, 0.2) is 42.5 Å². The Kier molecular flexibility index (Phi) is 8.00. The number of hydrogen-bond acceptors (Lipinski definition) is 3. The number of rotatable bonds is 8. The van der Waals surface area contributed by atoms with Gasteiger partial charge in [0.1, 0.15) is 0 Å². The average Bonchev–Trinajstić information content (AvgIpc) is 2.67. The zero-order valence-corrected chi connectivity index (χ0v) is 17.2. The summed E-state index contributed by atoms with van der Waals surface area (Å²) >= 11 is 0. The molecule has 0 radical (unpaired) electrons. The van der Waals surface area contributed by atoms with E-state index >= 15 is 0 Å². The minimum atomic E-state index is -4.53. The lowest BCUT2D eigenvalue weighted by molar-refractivity contribution is -0.137. The maximum atomic E-state index is 12.7. The quantitative estimate of drug-likeness (QED) is 0.612. The van der Waals surface area contributed by atoms with E-state index in [1.807, 2.05) is 26.8 Å². The van der Waals surface area contributed by atoms with E-state index < -0.39 is 23.6 Å². The van der Waals surface area contributed by atoms with Crippen molar-refractivity contribution in [3.05, 3.63) is 70.3 Å². The van der Waals surface area contributed by atoms with E-state index in [-0.39, 0.29) is 18.2 Å². The number of benzene rings is 2. The van der Waals surface area contributed by atoms with Gasteiger partial charge in [-0.25, -0.2) is 0 Å². The predicted molar refractivity (Wildman–Crippen MR) is 109 cm³/mol. The number of carbonyl (C=O) groups excluding carboxylic acids is 2. The van der Waals surface area contributed by atoms with Crippen LogP contribution in [0, 0.1) is 13.8 Å². The largest absolute Gasteiger partial charge is 0.416 e. The van der Waals surface area contributed by atoms with E-state index in [9.17, 15) is 22.8 Å². The van der Waals surface area contributed by atoms with E-state index in [2.05, 4.69) is 28.1 Å². The van der Waals surface area contributed by atoms with Gasteiger partial charge in [0.25, 0.3) is 5.91 Å². The summed E-state index contributed by atoms with van der Waals surface area (Å²) in [7, 11) is 0. The molecule has 3 N–H and O–H groups in total. The number of alkyl halides is 3. The molecule has 0 fully saturated rings. The van der Waals surface area contributed by atoms with Crippen LogP contribution in [0.1, 0.15) is 39.5 Å². The summed E-state index contributed by atoms with van der Waals surface area (Å²) in [6.45, 7) is 6.77. The summed E-state index contributed by atoms with van der Waals surface area (Å²) < 4.78 is 38.2. The van der Waals surface area contributed by atoms with Crippen LogP contribution in [0.3, 0.4) is 0 Å². The van der Waals surface area contributed by atoms with Gasteiger partial charge in [-0.3, -0.25) is 9.59 Å². The van der Waals surface area contributed by atoms with E-state index in [0.29, 0.717) is 13.1 Å². The van der Waals surface area contributed by atoms with E-state index in [1.54, 1.807) is 0 Å². The molecule has 2 amide bonds. The Morgan fingerprint density at radius 3 is 2.47 bits per heavy atom. The van der Waals surface area contributed by atoms with Crippen molar-refractivity contribution < 1.29 is 22.8 Å². The second-order valence-electron chi connectivity index (χ2n) is 7.29. The molecule has 0 saturated heterocycles. The molecule has 0 heterocycles. The molecule has 0 spiro atoms. The third-order valence-corrected chi connectivity index (χ3v) is 4.53. The molecule has 2 aromatic rings. The lowest BCUT2D eigenvalue weighted by atomic mass is 10.1. The van der Waals surface area contributed by atoms with Gasteiger partial charge in [-0.1, -0.05) is 29.8 Å². The second-order valence-corrected chi connectivity index (χ2v) is 7.29. The normalized spacial score (nSPS) is 12.3. The highest BCUT2D eigenvalue weighted by molar-refractivity contribution is 5.96. The first-order chi connectivity index (χ1) is 14.1. The van der Waals surface area contributed by atoms with Crippen LogP contribution in [0.25, 0.3) is 0 Å². The number of amides is 2. The molecule has 0 bridgehead atoms. The minimum absolute atomic E-state index is 0.152. The molecule has 0 aliphatic rings. The van der Waals surface area contributed by atoms with Crippen molar-refractivity contribution in [1.29, 1.82) is 0 Å². The smallest absolute Gasteiger partial charge is 0.351 e. The first-order valence-corrected chi connectivity index (χ1v) is 9.58. The highest BCUT2D eigenvalue weighted by Crippen LogP contribution is 2.29. The third kappa shape index (κ3) is 7.18. The lowest BCUT2D eigenvalue weighted by Gasteiger charge is -2.16. The number of aryl methyl sites for hydroxylation is 2. The Morgan fingerprint density at radius 2 is 1.80 bits per heavy atom. The molecule has 5 nitrogen and oxygen atoms in total. The van der Waals surface area contributed by atoms with Crippen LogP contribution in [-0.4, -0.2) is 30.9 Å². The van der Waals surface area contributed by atoms with Gasteiger partial charge < -0.3 is 16.0 Å². The summed E-state index contributed by atoms with van der Waals surface area (Å²) in [5, 5.41) is 8.34. The molecule has 162 valence electrons. The van der Waals surface area contributed by atoms with Crippen LogP contribution in [0.5, 0.6) is 0 Å². The molecule has 0 aliphatic carbocycles. The van der Waals surface area contributed by atoms with Gasteiger partial charge in [-0.15, -0.1) is 0 Å². The van der Waals surface area contributed by atoms with Crippen LogP contribution in [0.2, 0.25) is 0 Å². The van der Waals surface area contributed by atoms with Gasteiger partial charge in [-0.05, 0) is 50.1 Å². The third-order valence-electron chi connectivity index (χ3n) is 4.53. The number of halogens is 3. The number of hydrogen-bond donors (Lipinski definition) is 3. The van der Waals surface area contributed by atoms with E-state index in [0.717, 1.165) is 18.2 Å². The number of nitrogens with one attached hydrogen (secondary N) is 3. The van der Waals surface area contributed by atoms with Crippen molar-refractivity contribution in [2.24, 2.45) is 0 Å². The van der Waals surface area contributed by atoms with E-state index in [4.69, 9.17) is 0 Å². The molecular formula is C22H26F3N3O2. The van der Waals surface area contributed by atoms with Crippen molar-refractivity contribution in [3.8, 4) is 0 Å². The SMILES string of the molecule is Cc1ccc(CNC[C@H](C)NC(=O)CNC(=O)c2cccc(C(F)(F)F)c2)c(C)c1. The summed E-state index contributed by atoms with van der Waals surface area (Å²) in [6.07, 6.45) is -4.53. The standard InChI is InChI=1S/C22H26F3N3O2/c1-14-7-8-18(15(2)9-14)12-26-11-16(3)28-20(29)13-27-21(30)17-5-4-6-19(10-17)22(23,24)25/h4-10,16,26H,11-13H2,1-3H3,(H,27,30)(H,28,29)/t16-/m0/s1. The van der Waals surface area contributed by atoms with Crippen molar-refractivity contribution >= 4 is 11.8 Å². The summed E-state index contributed by atoms with van der Waals surface area (Å²) in [6, 6.07) is 10.1. The Labute approximate surface area is 174 Å². The topological polar surface area (TPSA) is 70.2 Å². The summed E-state index contributed by atoms with van der Waals surface area (Å²) in [4.78, 5) is 24.0. The highest BCUT2D eigenvalue weighted by Gasteiger charge is 2.30. The van der Waals surface area contributed by atoms with Gasteiger partial charge >= 0.3 is 6.18 Å². The second kappa shape index (κ2) is 10.2. The summed E-state index contributed by atoms with van der Waals surface area (Å²) in [5.74, 6) is -1.16. The Bertz CT molecular complexity index is 897. The molecule has 1 atom stereocenters. The highest BCUT2D eigenvalue weighted by atomic mass is 19.4. The van der Waals surface area contributed by atoms with Gasteiger partial charge in [0.05, 0.1) is 12.1 Å². The number of carbonyl (C=O) groups is 2. The molecular weight excluding hydrogens is 395 g/mol. The monoisotopic (exact) mass is 421 g/mol. The Balaban J connectivity index is 1.75. The van der Waals surface area contributed by atoms with Crippen molar-refractivity contribution in [3.63, 3.8) is 0 Å². The first kappa shape index (κ1) is 23.4. The van der Waals surface area contributed by atoms with E-state index in [1.165, 1.54) is 22.8 Å². The van der Waals surface area contributed by atoms with Crippen molar-refractivity contribution in [2.75, 3.05) is 13.1 Å². The summed E-state index contributed by atoms with van der Waals surface area (Å²) in [5.41, 5.74) is 2.50. The fourth-order valence-electron chi connectivity index (χ4n) is 2.94. The molecule has 2 aromatic carbocycles. The Hall–Kier alpha value is -2.87. The molecule has 2 rings (SSSR count). The van der Waals surface area contributed by atoms with Gasteiger partial charge in [0.15, 0.2) is 0 Å². The molecule has 0 saturated carbocycles. The first-order valence-electron chi connectivity index (χ1n) is 9.58. The zero-order chi connectivity index (χ0) is 22.3. The van der Waals surface area contributed by atoms with Gasteiger partial charge in [0.2, 0.25) is 5.91 Å². The Morgan fingerprint density at radius 1 is 1.07 bits per heavy atom. The molecule has 0 aliphatic heterocycles. The zero-order valence-electron chi connectivity index (χ0n) is 17.2. The molecule has 8 heteroatoms.